The minimum atomic E-state index is 0.852. The molecule has 0 fully saturated rings. The fourth-order valence-electron chi connectivity index (χ4n) is 2.42. The molecular formula is C16H18N2OS. The Labute approximate surface area is 122 Å². The van der Waals surface area contributed by atoms with Gasteiger partial charge in [-0.3, -0.25) is 0 Å². The van der Waals surface area contributed by atoms with Gasteiger partial charge in [-0.1, -0.05) is 25.1 Å². The van der Waals surface area contributed by atoms with Gasteiger partial charge in [-0.25, -0.2) is 4.98 Å². The molecule has 0 aliphatic rings. The molecule has 1 aromatic carbocycles. The molecule has 0 amide bonds. The Hall–Kier alpha value is -1.65. The summed E-state index contributed by atoms with van der Waals surface area (Å²) in [5.41, 5.74) is 5.32. The average Bonchev–Trinajstić information content (AvgIpc) is 3.11. The summed E-state index contributed by atoms with van der Waals surface area (Å²) >= 11 is 1.65. The zero-order valence-corrected chi connectivity index (χ0v) is 12.4. The zero-order valence-electron chi connectivity index (χ0n) is 11.6. The monoisotopic (exact) mass is 286 g/mol. The molecule has 1 N–H and O–H groups in total. The van der Waals surface area contributed by atoms with Crippen LogP contribution in [0.2, 0.25) is 0 Å². The van der Waals surface area contributed by atoms with Crippen molar-refractivity contribution in [2.24, 2.45) is 0 Å². The zero-order chi connectivity index (χ0) is 13.8. The van der Waals surface area contributed by atoms with E-state index in [1.54, 1.807) is 11.3 Å². The van der Waals surface area contributed by atoms with Crippen LogP contribution in [0.25, 0.3) is 11.0 Å². The van der Waals surface area contributed by atoms with E-state index in [9.17, 15) is 0 Å². The van der Waals surface area contributed by atoms with Crippen molar-refractivity contribution < 1.29 is 4.42 Å². The highest BCUT2D eigenvalue weighted by molar-refractivity contribution is 7.07. The van der Waals surface area contributed by atoms with Crippen LogP contribution < -0.4 is 5.32 Å². The molecule has 0 unspecified atom stereocenters. The Morgan fingerprint density at radius 1 is 1.30 bits per heavy atom. The Bertz CT molecular complexity index is 673. The van der Waals surface area contributed by atoms with E-state index in [0.29, 0.717) is 0 Å². The molecule has 0 saturated carbocycles. The van der Waals surface area contributed by atoms with Gasteiger partial charge in [0.05, 0.1) is 11.2 Å². The van der Waals surface area contributed by atoms with Crippen molar-refractivity contribution in [2.75, 3.05) is 6.54 Å². The first kappa shape index (κ1) is 13.3. The highest BCUT2D eigenvalue weighted by Crippen LogP contribution is 2.26. The first-order valence-electron chi connectivity index (χ1n) is 6.95. The van der Waals surface area contributed by atoms with Crippen LogP contribution in [0.3, 0.4) is 0 Å². The number of nitrogens with one attached hydrogen (secondary N) is 1. The van der Waals surface area contributed by atoms with E-state index in [4.69, 9.17) is 4.42 Å². The van der Waals surface area contributed by atoms with Crippen LogP contribution in [0.1, 0.15) is 23.9 Å². The SMILES string of the molecule is CCc1oc2ccccc2c1CNCCc1cscn1. The van der Waals surface area contributed by atoms with Gasteiger partial charge in [0.2, 0.25) is 0 Å². The fourth-order valence-corrected chi connectivity index (χ4v) is 3.01. The molecule has 0 aliphatic heterocycles. The van der Waals surface area contributed by atoms with E-state index in [2.05, 4.69) is 34.7 Å². The molecule has 0 atom stereocenters. The van der Waals surface area contributed by atoms with Crippen molar-refractivity contribution in [3.05, 3.63) is 52.2 Å². The van der Waals surface area contributed by atoms with Crippen molar-refractivity contribution in [2.45, 2.75) is 26.3 Å². The minimum Gasteiger partial charge on any atom is -0.461 e. The first-order valence-corrected chi connectivity index (χ1v) is 7.90. The minimum absolute atomic E-state index is 0.852. The molecule has 0 saturated heterocycles. The van der Waals surface area contributed by atoms with Gasteiger partial charge in [-0.2, -0.15) is 0 Å². The number of para-hydroxylation sites is 1. The van der Waals surface area contributed by atoms with Gasteiger partial charge in [0, 0.05) is 42.3 Å². The van der Waals surface area contributed by atoms with Crippen LogP contribution in [0.15, 0.2) is 39.6 Å². The van der Waals surface area contributed by atoms with Gasteiger partial charge < -0.3 is 9.73 Å². The maximum atomic E-state index is 5.90. The lowest BCUT2D eigenvalue weighted by atomic mass is 10.1. The second-order valence-electron chi connectivity index (χ2n) is 4.76. The number of hydrogen-bond donors (Lipinski definition) is 1. The normalized spacial score (nSPS) is 11.2. The van der Waals surface area contributed by atoms with E-state index in [-0.39, 0.29) is 0 Å². The van der Waals surface area contributed by atoms with Crippen molar-refractivity contribution in [3.8, 4) is 0 Å². The summed E-state index contributed by atoms with van der Waals surface area (Å²) in [6.07, 6.45) is 1.90. The molecule has 4 heteroatoms. The average molecular weight is 286 g/mol. The number of fused-ring (bicyclic) bond motifs is 1. The molecule has 3 rings (SSSR count). The number of rotatable bonds is 6. The maximum absolute atomic E-state index is 5.90. The number of furan rings is 1. The third-order valence-electron chi connectivity index (χ3n) is 3.45. The molecule has 3 nitrogen and oxygen atoms in total. The number of benzene rings is 1. The molecule has 0 bridgehead atoms. The Balaban J connectivity index is 1.67. The number of aromatic nitrogens is 1. The van der Waals surface area contributed by atoms with E-state index in [1.165, 1.54) is 10.9 Å². The Morgan fingerprint density at radius 3 is 3.00 bits per heavy atom. The summed E-state index contributed by atoms with van der Waals surface area (Å²) in [7, 11) is 0. The summed E-state index contributed by atoms with van der Waals surface area (Å²) in [5.74, 6) is 1.09. The van der Waals surface area contributed by atoms with E-state index in [0.717, 1.165) is 43.0 Å². The molecule has 0 spiro atoms. The first-order chi connectivity index (χ1) is 9.88. The van der Waals surface area contributed by atoms with Crippen LogP contribution in [0.4, 0.5) is 0 Å². The number of thiazole rings is 1. The summed E-state index contributed by atoms with van der Waals surface area (Å²) in [6.45, 7) is 3.92. The highest BCUT2D eigenvalue weighted by Gasteiger charge is 2.11. The lowest BCUT2D eigenvalue weighted by molar-refractivity contribution is 0.544. The van der Waals surface area contributed by atoms with E-state index < -0.39 is 0 Å². The van der Waals surface area contributed by atoms with Gasteiger partial charge >= 0.3 is 0 Å². The smallest absolute Gasteiger partial charge is 0.134 e. The molecule has 104 valence electrons. The molecule has 3 aromatic rings. The van der Waals surface area contributed by atoms with Crippen LogP contribution in [0.5, 0.6) is 0 Å². The van der Waals surface area contributed by atoms with Crippen molar-refractivity contribution in [1.29, 1.82) is 0 Å². The van der Waals surface area contributed by atoms with Crippen molar-refractivity contribution >= 4 is 22.3 Å². The van der Waals surface area contributed by atoms with Crippen LogP contribution in [-0.2, 0) is 19.4 Å². The van der Waals surface area contributed by atoms with Crippen LogP contribution in [-0.4, -0.2) is 11.5 Å². The molecule has 20 heavy (non-hydrogen) atoms. The lowest BCUT2D eigenvalue weighted by Gasteiger charge is -2.04. The Morgan fingerprint density at radius 2 is 2.20 bits per heavy atom. The van der Waals surface area contributed by atoms with Gasteiger partial charge in [0.25, 0.3) is 0 Å². The third-order valence-corrected chi connectivity index (χ3v) is 4.08. The van der Waals surface area contributed by atoms with E-state index in [1.807, 2.05) is 17.6 Å². The summed E-state index contributed by atoms with van der Waals surface area (Å²) in [4.78, 5) is 4.29. The molecule has 2 aromatic heterocycles. The van der Waals surface area contributed by atoms with E-state index >= 15 is 0 Å². The number of aryl methyl sites for hydroxylation is 1. The topological polar surface area (TPSA) is 38.1 Å². The van der Waals surface area contributed by atoms with Gasteiger partial charge in [0.15, 0.2) is 0 Å². The van der Waals surface area contributed by atoms with Gasteiger partial charge in [-0.15, -0.1) is 11.3 Å². The summed E-state index contributed by atoms with van der Waals surface area (Å²) in [5, 5.41) is 6.83. The number of hydrogen-bond acceptors (Lipinski definition) is 4. The lowest BCUT2D eigenvalue weighted by Crippen LogP contribution is -2.17. The molecular weight excluding hydrogens is 268 g/mol. The second kappa shape index (κ2) is 6.20. The molecule has 0 aliphatic carbocycles. The van der Waals surface area contributed by atoms with Crippen LogP contribution in [0, 0.1) is 0 Å². The quantitative estimate of drug-likeness (QED) is 0.701. The summed E-state index contributed by atoms with van der Waals surface area (Å²) < 4.78 is 5.90. The summed E-state index contributed by atoms with van der Waals surface area (Å²) in [6, 6.07) is 8.25. The van der Waals surface area contributed by atoms with Gasteiger partial charge in [0.1, 0.15) is 11.3 Å². The molecule has 2 heterocycles. The second-order valence-corrected chi connectivity index (χ2v) is 5.48. The van der Waals surface area contributed by atoms with Crippen molar-refractivity contribution in [1.82, 2.24) is 10.3 Å². The van der Waals surface area contributed by atoms with Crippen molar-refractivity contribution in [3.63, 3.8) is 0 Å². The largest absolute Gasteiger partial charge is 0.461 e. The van der Waals surface area contributed by atoms with Gasteiger partial charge in [-0.05, 0) is 6.07 Å². The predicted molar refractivity (Wildman–Crippen MR) is 83.1 cm³/mol. The predicted octanol–water partition coefficient (Wildman–Crippen LogP) is 3.78. The standard InChI is InChI=1S/C16H18N2OS/c1-2-15-14(13-5-3-4-6-16(13)19-15)9-17-8-7-12-10-20-11-18-12/h3-6,10-11,17H,2,7-9H2,1H3. The maximum Gasteiger partial charge on any atom is 0.134 e. The Kier molecular flexibility index (Phi) is 4.14. The van der Waals surface area contributed by atoms with Crippen LogP contribution >= 0.6 is 11.3 Å². The third kappa shape index (κ3) is 2.76. The number of nitrogens with zero attached hydrogens (tertiary/aromatic N) is 1. The fraction of sp³-hybridized carbons (Fsp3) is 0.312. The molecule has 0 radical (unpaired) electrons. The highest BCUT2D eigenvalue weighted by atomic mass is 32.1.